The number of hydrogen-bond acceptors (Lipinski definition) is 2. The fraction of sp³-hybridized carbons (Fsp3) is 0.167. The molecule has 0 N–H and O–H groups in total. The highest BCUT2D eigenvalue weighted by atomic mass is 19.3. The highest BCUT2D eigenvalue weighted by Crippen LogP contribution is 2.31. The van der Waals surface area contributed by atoms with Gasteiger partial charge in [0, 0.05) is 35.7 Å². The van der Waals surface area contributed by atoms with Crippen LogP contribution in [0.4, 0.5) is 8.78 Å². The van der Waals surface area contributed by atoms with Gasteiger partial charge in [0.15, 0.2) is 0 Å². The van der Waals surface area contributed by atoms with E-state index in [1.54, 1.807) is 18.2 Å². The lowest BCUT2D eigenvalue weighted by molar-refractivity contribution is -0.104. The van der Waals surface area contributed by atoms with Crippen molar-refractivity contribution in [2.75, 3.05) is 0 Å². The van der Waals surface area contributed by atoms with Crippen LogP contribution >= 0.6 is 0 Å². The van der Waals surface area contributed by atoms with E-state index in [1.165, 1.54) is 12.1 Å². The number of alkyl halides is 2. The molecule has 0 spiro atoms. The molecule has 2 aromatic rings. The predicted octanol–water partition coefficient (Wildman–Crippen LogP) is 6.02. The normalized spacial score (nSPS) is 15.8. The van der Waals surface area contributed by atoms with Crippen molar-refractivity contribution in [2.24, 2.45) is 4.99 Å². The molecule has 0 saturated carbocycles. The van der Waals surface area contributed by atoms with Gasteiger partial charge in [-0.2, -0.15) is 0 Å². The van der Waals surface area contributed by atoms with Crippen molar-refractivity contribution >= 4 is 17.6 Å². The van der Waals surface area contributed by atoms with Gasteiger partial charge in [-0.1, -0.05) is 60.7 Å². The molecule has 2 aromatic carbocycles. The van der Waals surface area contributed by atoms with Gasteiger partial charge in [0.2, 0.25) is 0 Å². The van der Waals surface area contributed by atoms with Gasteiger partial charge in [-0.3, -0.25) is 9.79 Å². The average Bonchev–Trinajstić information content (AvgIpc) is 2.67. The summed E-state index contributed by atoms with van der Waals surface area (Å²) >= 11 is 0. The maximum atomic E-state index is 13.5. The minimum Gasteiger partial charge on any atom is -0.298 e. The van der Waals surface area contributed by atoms with E-state index >= 15 is 0 Å². The van der Waals surface area contributed by atoms with E-state index in [9.17, 15) is 13.6 Å². The minimum absolute atomic E-state index is 0.0412. The second kappa shape index (κ2) is 7.85. The molecule has 0 amide bonds. The van der Waals surface area contributed by atoms with Crippen molar-refractivity contribution in [3.63, 3.8) is 0 Å². The molecule has 0 saturated heterocycles. The summed E-state index contributed by atoms with van der Waals surface area (Å²) < 4.78 is 27.0. The second-order valence-electron chi connectivity index (χ2n) is 7.00. The third-order valence-electron chi connectivity index (χ3n) is 4.56. The zero-order chi connectivity index (χ0) is 20.3. The molecule has 0 bridgehead atoms. The third kappa shape index (κ3) is 4.58. The molecule has 0 atom stereocenters. The van der Waals surface area contributed by atoms with Crippen LogP contribution in [0.2, 0.25) is 0 Å². The number of halogens is 2. The van der Waals surface area contributed by atoms with Crippen LogP contribution in [-0.4, -0.2) is 12.0 Å². The standard InChI is InChI=1S/C24H21F2NO/c1-16-4-6-18(7-5-16)20-13-22(12-17(2)15-28)27-23(14-20)19-8-10-21(11-9-19)24(3,25)26/h4-12,14-15H,2,13H2,1,3H3/b22-12+. The Morgan fingerprint density at radius 1 is 1.07 bits per heavy atom. The van der Waals surface area contributed by atoms with Crippen molar-refractivity contribution in [1.29, 1.82) is 0 Å². The lowest BCUT2D eigenvalue weighted by Gasteiger charge is -2.17. The molecular formula is C24H21F2NO. The molecule has 142 valence electrons. The van der Waals surface area contributed by atoms with Gasteiger partial charge in [-0.05, 0) is 30.2 Å². The molecule has 3 rings (SSSR count). The molecule has 0 aliphatic carbocycles. The van der Waals surface area contributed by atoms with Crippen molar-refractivity contribution in [3.8, 4) is 0 Å². The lowest BCUT2D eigenvalue weighted by Crippen LogP contribution is -2.09. The average molecular weight is 377 g/mol. The maximum Gasteiger partial charge on any atom is 0.270 e. The number of rotatable bonds is 5. The number of allylic oxidation sites excluding steroid dienone is 4. The van der Waals surface area contributed by atoms with Gasteiger partial charge in [-0.15, -0.1) is 0 Å². The zero-order valence-electron chi connectivity index (χ0n) is 15.9. The van der Waals surface area contributed by atoms with Crippen molar-refractivity contribution in [2.45, 2.75) is 26.2 Å². The van der Waals surface area contributed by atoms with Crippen LogP contribution in [0.25, 0.3) is 5.57 Å². The Hall–Kier alpha value is -3.14. The van der Waals surface area contributed by atoms with E-state index in [-0.39, 0.29) is 5.56 Å². The molecule has 2 nitrogen and oxygen atoms in total. The van der Waals surface area contributed by atoms with Crippen molar-refractivity contribution < 1.29 is 13.6 Å². The Kier molecular flexibility index (Phi) is 5.50. The van der Waals surface area contributed by atoms with E-state index in [0.717, 1.165) is 29.2 Å². The van der Waals surface area contributed by atoms with E-state index in [4.69, 9.17) is 0 Å². The molecule has 0 fully saturated rings. The first-order valence-corrected chi connectivity index (χ1v) is 8.96. The van der Waals surface area contributed by atoms with Crippen LogP contribution in [0.5, 0.6) is 0 Å². The first kappa shape index (κ1) is 19.6. The number of hydrogen-bond donors (Lipinski definition) is 0. The molecule has 1 heterocycles. The van der Waals surface area contributed by atoms with Crippen LogP contribution in [0.1, 0.15) is 35.6 Å². The SMILES string of the molecule is C=C(C=O)/C=C1\CC(c2ccc(C)cc2)=CC(c2ccc(C(C)(F)F)cc2)=N1. The molecule has 4 heteroatoms. The summed E-state index contributed by atoms with van der Waals surface area (Å²) in [5, 5.41) is 0. The number of aryl methyl sites for hydroxylation is 1. The van der Waals surface area contributed by atoms with E-state index in [1.807, 2.05) is 37.3 Å². The van der Waals surface area contributed by atoms with Crippen LogP contribution in [0, 0.1) is 6.92 Å². The second-order valence-corrected chi connectivity index (χ2v) is 7.00. The Bertz CT molecular complexity index is 988. The predicted molar refractivity (Wildman–Crippen MR) is 110 cm³/mol. The molecule has 1 aliphatic heterocycles. The number of benzene rings is 2. The quantitative estimate of drug-likeness (QED) is 0.463. The molecular weight excluding hydrogens is 356 g/mol. The summed E-state index contributed by atoms with van der Waals surface area (Å²) in [6.07, 6.45) is 4.86. The summed E-state index contributed by atoms with van der Waals surface area (Å²) in [6.45, 7) is 6.60. The fourth-order valence-corrected chi connectivity index (χ4v) is 3.00. The summed E-state index contributed by atoms with van der Waals surface area (Å²) in [6, 6.07) is 14.3. The first-order valence-electron chi connectivity index (χ1n) is 8.96. The Labute approximate surface area is 163 Å². The zero-order valence-corrected chi connectivity index (χ0v) is 15.9. The van der Waals surface area contributed by atoms with Gasteiger partial charge in [0.05, 0.1) is 5.71 Å². The highest BCUT2D eigenvalue weighted by Gasteiger charge is 2.24. The fourth-order valence-electron chi connectivity index (χ4n) is 3.00. The molecule has 0 radical (unpaired) electrons. The number of carbonyl (C=O) groups is 1. The Morgan fingerprint density at radius 3 is 2.25 bits per heavy atom. The van der Waals surface area contributed by atoms with E-state index in [0.29, 0.717) is 29.7 Å². The number of dihydropyridines is 1. The smallest absolute Gasteiger partial charge is 0.270 e. The van der Waals surface area contributed by atoms with Crippen LogP contribution in [0.3, 0.4) is 0 Å². The third-order valence-corrected chi connectivity index (χ3v) is 4.56. The first-order chi connectivity index (χ1) is 13.3. The van der Waals surface area contributed by atoms with Crippen LogP contribution in [0.15, 0.2) is 83.5 Å². The highest BCUT2D eigenvalue weighted by molar-refractivity contribution is 6.14. The minimum atomic E-state index is -2.89. The molecule has 28 heavy (non-hydrogen) atoms. The largest absolute Gasteiger partial charge is 0.298 e. The molecule has 1 aliphatic rings. The number of carbonyl (C=O) groups excluding carboxylic acids is 1. The molecule has 0 aromatic heterocycles. The van der Waals surface area contributed by atoms with Gasteiger partial charge in [0.25, 0.3) is 5.92 Å². The monoisotopic (exact) mass is 377 g/mol. The molecule has 0 unspecified atom stereocenters. The van der Waals surface area contributed by atoms with E-state index < -0.39 is 5.92 Å². The summed E-state index contributed by atoms with van der Waals surface area (Å²) in [5.74, 6) is -2.89. The number of nitrogens with zero attached hydrogens (tertiary/aromatic N) is 1. The number of aliphatic imine (C=N–C) groups is 1. The summed E-state index contributed by atoms with van der Waals surface area (Å²) in [5.41, 5.74) is 5.66. The van der Waals surface area contributed by atoms with Crippen LogP contribution < -0.4 is 0 Å². The van der Waals surface area contributed by atoms with Gasteiger partial charge < -0.3 is 0 Å². The lowest BCUT2D eigenvalue weighted by atomic mass is 9.93. The summed E-state index contributed by atoms with van der Waals surface area (Å²) in [7, 11) is 0. The van der Waals surface area contributed by atoms with Crippen molar-refractivity contribution in [3.05, 3.63) is 101 Å². The topological polar surface area (TPSA) is 29.4 Å². The van der Waals surface area contributed by atoms with Gasteiger partial charge in [0.1, 0.15) is 6.29 Å². The Morgan fingerprint density at radius 2 is 1.68 bits per heavy atom. The van der Waals surface area contributed by atoms with Gasteiger partial charge >= 0.3 is 0 Å². The van der Waals surface area contributed by atoms with Crippen LogP contribution in [-0.2, 0) is 10.7 Å². The summed E-state index contributed by atoms with van der Waals surface area (Å²) in [4.78, 5) is 15.6. The number of aldehydes is 1. The maximum absolute atomic E-state index is 13.5. The van der Waals surface area contributed by atoms with E-state index in [2.05, 4.69) is 11.6 Å². The van der Waals surface area contributed by atoms with Gasteiger partial charge in [-0.25, -0.2) is 8.78 Å². The van der Waals surface area contributed by atoms with Crippen molar-refractivity contribution in [1.82, 2.24) is 0 Å². The Balaban J connectivity index is 2.04.